The third-order valence-corrected chi connectivity index (χ3v) is 2.46. The van der Waals surface area contributed by atoms with Crippen LogP contribution in [0, 0.1) is 0 Å². The fraction of sp³-hybridized carbons (Fsp3) is 0.286. The molecule has 4 nitrogen and oxygen atoms in total. The summed E-state index contributed by atoms with van der Waals surface area (Å²) in [5, 5.41) is 3.33. The SMILES string of the molecule is CCOc1cccc(CNCc2cnccn2)c1. The number of hydrogen-bond acceptors (Lipinski definition) is 4. The van der Waals surface area contributed by atoms with Gasteiger partial charge in [0, 0.05) is 31.7 Å². The molecule has 1 N–H and O–H groups in total. The Balaban J connectivity index is 1.84. The lowest BCUT2D eigenvalue weighted by molar-refractivity contribution is 0.340. The molecule has 1 heterocycles. The number of hydrogen-bond donors (Lipinski definition) is 1. The van der Waals surface area contributed by atoms with Gasteiger partial charge in [0.05, 0.1) is 12.3 Å². The summed E-state index contributed by atoms with van der Waals surface area (Å²) >= 11 is 0. The summed E-state index contributed by atoms with van der Waals surface area (Å²) in [6, 6.07) is 8.10. The summed E-state index contributed by atoms with van der Waals surface area (Å²) in [6.45, 7) is 4.18. The summed E-state index contributed by atoms with van der Waals surface area (Å²) in [4.78, 5) is 8.23. The quantitative estimate of drug-likeness (QED) is 0.844. The molecule has 0 spiro atoms. The summed E-state index contributed by atoms with van der Waals surface area (Å²) in [6.07, 6.45) is 5.14. The van der Waals surface area contributed by atoms with Gasteiger partial charge in [-0.05, 0) is 24.6 Å². The van der Waals surface area contributed by atoms with Crippen LogP contribution in [-0.4, -0.2) is 16.6 Å². The van der Waals surface area contributed by atoms with Crippen LogP contribution < -0.4 is 10.1 Å². The summed E-state index contributed by atoms with van der Waals surface area (Å²) in [5.41, 5.74) is 2.14. The van der Waals surface area contributed by atoms with Crippen molar-refractivity contribution in [3.63, 3.8) is 0 Å². The molecule has 0 aliphatic heterocycles. The van der Waals surface area contributed by atoms with Crippen molar-refractivity contribution >= 4 is 0 Å². The minimum Gasteiger partial charge on any atom is -0.494 e. The minimum absolute atomic E-state index is 0.691. The number of benzene rings is 1. The van der Waals surface area contributed by atoms with E-state index >= 15 is 0 Å². The van der Waals surface area contributed by atoms with E-state index in [0.29, 0.717) is 13.2 Å². The molecule has 0 saturated carbocycles. The van der Waals surface area contributed by atoms with Crippen molar-refractivity contribution in [2.45, 2.75) is 20.0 Å². The average Bonchev–Trinajstić information content (AvgIpc) is 2.41. The molecule has 4 heteroatoms. The highest BCUT2D eigenvalue weighted by atomic mass is 16.5. The van der Waals surface area contributed by atoms with E-state index in [1.165, 1.54) is 5.56 Å². The second-order valence-corrected chi connectivity index (χ2v) is 3.88. The highest BCUT2D eigenvalue weighted by molar-refractivity contribution is 5.28. The van der Waals surface area contributed by atoms with Crippen LogP contribution in [0.25, 0.3) is 0 Å². The first-order valence-electron chi connectivity index (χ1n) is 6.06. The van der Waals surface area contributed by atoms with Gasteiger partial charge in [0.1, 0.15) is 5.75 Å². The van der Waals surface area contributed by atoms with Crippen LogP contribution in [0.1, 0.15) is 18.2 Å². The third kappa shape index (κ3) is 3.82. The van der Waals surface area contributed by atoms with E-state index in [-0.39, 0.29) is 0 Å². The van der Waals surface area contributed by atoms with E-state index in [9.17, 15) is 0 Å². The van der Waals surface area contributed by atoms with Crippen molar-refractivity contribution in [1.82, 2.24) is 15.3 Å². The maximum atomic E-state index is 5.46. The Kier molecular flexibility index (Phi) is 4.67. The molecule has 0 radical (unpaired) electrons. The lowest BCUT2D eigenvalue weighted by Gasteiger charge is -2.07. The normalized spacial score (nSPS) is 10.3. The van der Waals surface area contributed by atoms with Gasteiger partial charge in [0.2, 0.25) is 0 Å². The van der Waals surface area contributed by atoms with E-state index in [1.54, 1.807) is 18.6 Å². The monoisotopic (exact) mass is 243 g/mol. The van der Waals surface area contributed by atoms with Crippen molar-refractivity contribution in [2.75, 3.05) is 6.61 Å². The lowest BCUT2D eigenvalue weighted by Crippen LogP contribution is -2.13. The topological polar surface area (TPSA) is 47.0 Å². The van der Waals surface area contributed by atoms with Gasteiger partial charge in [0.15, 0.2) is 0 Å². The van der Waals surface area contributed by atoms with Gasteiger partial charge < -0.3 is 10.1 Å². The van der Waals surface area contributed by atoms with Gasteiger partial charge in [-0.1, -0.05) is 12.1 Å². The van der Waals surface area contributed by atoms with Gasteiger partial charge in [-0.3, -0.25) is 9.97 Å². The fourth-order valence-electron chi connectivity index (χ4n) is 1.67. The second-order valence-electron chi connectivity index (χ2n) is 3.88. The first-order valence-corrected chi connectivity index (χ1v) is 6.06. The van der Waals surface area contributed by atoms with Crippen LogP contribution in [0.15, 0.2) is 42.9 Å². The number of nitrogens with zero attached hydrogens (tertiary/aromatic N) is 2. The Morgan fingerprint density at radius 2 is 2.17 bits per heavy atom. The van der Waals surface area contributed by atoms with Gasteiger partial charge in [-0.2, -0.15) is 0 Å². The van der Waals surface area contributed by atoms with Crippen LogP contribution in [0.5, 0.6) is 5.75 Å². The molecule has 2 rings (SSSR count). The molecule has 0 bridgehead atoms. The number of nitrogens with one attached hydrogen (secondary N) is 1. The molecule has 1 aromatic carbocycles. The standard InChI is InChI=1S/C14H17N3O/c1-2-18-14-5-3-4-12(8-14)9-16-11-13-10-15-6-7-17-13/h3-8,10,16H,2,9,11H2,1H3. The summed E-state index contributed by atoms with van der Waals surface area (Å²) < 4.78 is 5.46. The lowest BCUT2D eigenvalue weighted by atomic mass is 10.2. The summed E-state index contributed by atoms with van der Waals surface area (Å²) in [5.74, 6) is 0.913. The maximum absolute atomic E-state index is 5.46. The van der Waals surface area contributed by atoms with Gasteiger partial charge in [-0.15, -0.1) is 0 Å². The second kappa shape index (κ2) is 6.71. The van der Waals surface area contributed by atoms with E-state index in [2.05, 4.69) is 21.4 Å². The van der Waals surface area contributed by atoms with E-state index in [1.807, 2.05) is 25.1 Å². The Labute approximate surface area is 107 Å². The Morgan fingerprint density at radius 1 is 1.22 bits per heavy atom. The van der Waals surface area contributed by atoms with Crippen molar-refractivity contribution in [1.29, 1.82) is 0 Å². The Bertz CT molecular complexity index is 473. The van der Waals surface area contributed by atoms with E-state index < -0.39 is 0 Å². The minimum atomic E-state index is 0.691. The third-order valence-electron chi connectivity index (χ3n) is 2.46. The zero-order chi connectivity index (χ0) is 12.6. The molecule has 18 heavy (non-hydrogen) atoms. The van der Waals surface area contributed by atoms with Crippen molar-refractivity contribution in [3.05, 3.63) is 54.1 Å². The first kappa shape index (κ1) is 12.5. The van der Waals surface area contributed by atoms with Crippen molar-refractivity contribution in [2.24, 2.45) is 0 Å². The largest absolute Gasteiger partial charge is 0.494 e. The predicted molar refractivity (Wildman–Crippen MR) is 70.2 cm³/mol. The molecule has 0 amide bonds. The van der Waals surface area contributed by atoms with Crippen LogP contribution in [0.4, 0.5) is 0 Å². The van der Waals surface area contributed by atoms with Crippen LogP contribution >= 0.6 is 0 Å². The highest BCUT2D eigenvalue weighted by Crippen LogP contribution is 2.13. The van der Waals surface area contributed by atoms with Gasteiger partial charge in [-0.25, -0.2) is 0 Å². The average molecular weight is 243 g/mol. The zero-order valence-corrected chi connectivity index (χ0v) is 10.5. The predicted octanol–water partition coefficient (Wildman–Crippen LogP) is 2.17. The molecule has 0 fully saturated rings. The number of aromatic nitrogens is 2. The smallest absolute Gasteiger partial charge is 0.119 e. The molecule has 0 saturated heterocycles. The van der Waals surface area contributed by atoms with Crippen molar-refractivity contribution < 1.29 is 4.74 Å². The van der Waals surface area contributed by atoms with E-state index in [4.69, 9.17) is 4.74 Å². The fourth-order valence-corrected chi connectivity index (χ4v) is 1.67. The van der Waals surface area contributed by atoms with E-state index in [0.717, 1.165) is 18.0 Å². The first-order chi connectivity index (χ1) is 8.88. The Hall–Kier alpha value is -1.94. The van der Waals surface area contributed by atoms with Crippen LogP contribution in [0.3, 0.4) is 0 Å². The van der Waals surface area contributed by atoms with Crippen LogP contribution in [-0.2, 0) is 13.1 Å². The Morgan fingerprint density at radius 3 is 2.94 bits per heavy atom. The molecule has 0 aliphatic rings. The molecule has 2 aromatic rings. The molecular weight excluding hydrogens is 226 g/mol. The van der Waals surface area contributed by atoms with Crippen molar-refractivity contribution in [3.8, 4) is 5.75 Å². The summed E-state index contributed by atoms with van der Waals surface area (Å²) in [7, 11) is 0. The maximum Gasteiger partial charge on any atom is 0.119 e. The molecule has 0 atom stereocenters. The molecule has 0 unspecified atom stereocenters. The van der Waals surface area contributed by atoms with Gasteiger partial charge in [0.25, 0.3) is 0 Å². The van der Waals surface area contributed by atoms with Crippen LogP contribution in [0.2, 0.25) is 0 Å². The molecular formula is C14H17N3O. The molecule has 1 aromatic heterocycles. The molecule has 0 aliphatic carbocycles. The number of rotatable bonds is 6. The molecule has 94 valence electrons. The highest BCUT2D eigenvalue weighted by Gasteiger charge is 1.97. The zero-order valence-electron chi connectivity index (χ0n) is 10.5. The van der Waals surface area contributed by atoms with Gasteiger partial charge >= 0.3 is 0 Å². The number of ether oxygens (including phenoxy) is 1.